The lowest BCUT2D eigenvalue weighted by Crippen LogP contribution is -2.29. The summed E-state index contributed by atoms with van der Waals surface area (Å²) in [5.74, 6) is -0.761. The highest BCUT2D eigenvalue weighted by atomic mass is 16.5. The molecular formula is C8H14O3. The maximum atomic E-state index is 10.7. The second-order valence-corrected chi connectivity index (χ2v) is 4.09. The van der Waals surface area contributed by atoms with E-state index in [1.165, 1.54) is 0 Å². The topological polar surface area (TPSA) is 46.5 Å². The largest absolute Gasteiger partial charge is 0.481 e. The van der Waals surface area contributed by atoms with Crippen molar-refractivity contribution in [3.63, 3.8) is 0 Å². The summed E-state index contributed by atoms with van der Waals surface area (Å²) >= 11 is 0. The van der Waals surface area contributed by atoms with Crippen LogP contribution in [0.2, 0.25) is 0 Å². The Balaban J connectivity index is 2.73. The zero-order chi connectivity index (χ0) is 8.70. The van der Waals surface area contributed by atoms with Crippen LogP contribution in [0, 0.1) is 5.41 Å². The van der Waals surface area contributed by atoms with Gasteiger partial charge in [-0.3, -0.25) is 4.79 Å². The molecule has 0 bridgehead atoms. The summed E-state index contributed by atoms with van der Waals surface area (Å²) in [6, 6.07) is 0. The molecule has 1 atom stereocenters. The van der Waals surface area contributed by atoms with Crippen LogP contribution in [0.1, 0.15) is 27.2 Å². The molecule has 0 aromatic carbocycles. The van der Waals surface area contributed by atoms with E-state index in [1.807, 2.05) is 13.8 Å². The molecule has 1 saturated heterocycles. The molecule has 3 heteroatoms. The summed E-state index contributed by atoms with van der Waals surface area (Å²) in [6.07, 6.45) is 0.593. The standard InChI is InChI=1S/C8H14O3/c1-7(2)4-8(3,5-11-7)6(9)10/h4-5H2,1-3H3,(H,9,10)/t8-/m1/s1. The van der Waals surface area contributed by atoms with Crippen LogP contribution in [-0.2, 0) is 9.53 Å². The van der Waals surface area contributed by atoms with Gasteiger partial charge in [-0.1, -0.05) is 0 Å². The molecule has 3 nitrogen and oxygen atoms in total. The number of ether oxygens (including phenoxy) is 1. The molecule has 0 spiro atoms. The number of hydrogen-bond acceptors (Lipinski definition) is 2. The molecule has 0 saturated carbocycles. The van der Waals surface area contributed by atoms with Crippen molar-refractivity contribution in [2.75, 3.05) is 6.61 Å². The lowest BCUT2D eigenvalue weighted by atomic mass is 9.84. The van der Waals surface area contributed by atoms with Crippen LogP contribution < -0.4 is 0 Å². The highest BCUT2D eigenvalue weighted by molar-refractivity contribution is 5.74. The first-order valence-corrected chi connectivity index (χ1v) is 3.73. The smallest absolute Gasteiger partial charge is 0.311 e. The van der Waals surface area contributed by atoms with Gasteiger partial charge in [-0.05, 0) is 27.2 Å². The highest BCUT2D eigenvalue weighted by Crippen LogP contribution is 2.38. The van der Waals surface area contributed by atoms with Gasteiger partial charge < -0.3 is 9.84 Å². The molecule has 1 fully saturated rings. The van der Waals surface area contributed by atoms with Gasteiger partial charge in [0.25, 0.3) is 0 Å². The number of hydrogen-bond donors (Lipinski definition) is 1. The van der Waals surface area contributed by atoms with Crippen LogP contribution in [0.25, 0.3) is 0 Å². The molecule has 0 aliphatic carbocycles. The minimum atomic E-state index is -0.761. The molecule has 0 amide bonds. The molecule has 1 N–H and O–H groups in total. The normalized spacial score (nSPS) is 35.5. The Morgan fingerprint density at radius 1 is 1.45 bits per heavy atom. The van der Waals surface area contributed by atoms with Gasteiger partial charge in [0.05, 0.1) is 17.6 Å². The third kappa shape index (κ3) is 1.53. The minimum Gasteiger partial charge on any atom is -0.481 e. The summed E-state index contributed by atoms with van der Waals surface area (Å²) in [5.41, 5.74) is -0.948. The van der Waals surface area contributed by atoms with Crippen molar-refractivity contribution < 1.29 is 14.6 Å². The van der Waals surface area contributed by atoms with Crippen LogP contribution in [0.3, 0.4) is 0 Å². The molecular weight excluding hydrogens is 144 g/mol. The van der Waals surface area contributed by atoms with Crippen molar-refractivity contribution in [2.24, 2.45) is 5.41 Å². The van der Waals surface area contributed by atoms with Gasteiger partial charge >= 0.3 is 5.97 Å². The Morgan fingerprint density at radius 2 is 2.00 bits per heavy atom. The molecule has 1 heterocycles. The number of carboxylic acid groups (broad SMARTS) is 1. The van der Waals surface area contributed by atoms with E-state index in [1.54, 1.807) is 6.92 Å². The quantitative estimate of drug-likeness (QED) is 0.625. The van der Waals surface area contributed by atoms with Crippen LogP contribution in [0.4, 0.5) is 0 Å². The average Bonchev–Trinajstić information content (AvgIpc) is 2.08. The maximum absolute atomic E-state index is 10.7. The molecule has 11 heavy (non-hydrogen) atoms. The van der Waals surface area contributed by atoms with Gasteiger partial charge in [0, 0.05) is 0 Å². The summed E-state index contributed by atoms with van der Waals surface area (Å²) in [6.45, 7) is 5.89. The van der Waals surface area contributed by atoms with Gasteiger partial charge in [0.2, 0.25) is 0 Å². The number of carboxylic acids is 1. The fraction of sp³-hybridized carbons (Fsp3) is 0.875. The van der Waals surface area contributed by atoms with E-state index >= 15 is 0 Å². The Labute approximate surface area is 66.4 Å². The lowest BCUT2D eigenvalue weighted by Gasteiger charge is -2.18. The van der Waals surface area contributed by atoms with E-state index in [0.29, 0.717) is 13.0 Å². The second kappa shape index (κ2) is 2.21. The van der Waals surface area contributed by atoms with E-state index in [4.69, 9.17) is 9.84 Å². The molecule has 0 aromatic rings. The van der Waals surface area contributed by atoms with Crippen molar-refractivity contribution in [2.45, 2.75) is 32.8 Å². The number of rotatable bonds is 1. The molecule has 1 rings (SSSR count). The minimum absolute atomic E-state index is 0.271. The monoisotopic (exact) mass is 158 g/mol. The SMILES string of the molecule is CC1(C)C[C@@](C)(C(=O)O)CO1. The van der Waals surface area contributed by atoms with Gasteiger partial charge in [0.15, 0.2) is 0 Å². The first-order valence-electron chi connectivity index (χ1n) is 3.73. The van der Waals surface area contributed by atoms with Crippen LogP contribution in [-0.4, -0.2) is 23.3 Å². The predicted molar refractivity (Wildman–Crippen MR) is 40.4 cm³/mol. The van der Waals surface area contributed by atoms with Crippen molar-refractivity contribution in [1.29, 1.82) is 0 Å². The third-order valence-electron chi connectivity index (χ3n) is 2.11. The summed E-state index contributed by atoms with van der Waals surface area (Å²) in [7, 11) is 0. The first kappa shape index (κ1) is 8.53. The van der Waals surface area contributed by atoms with Gasteiger partial charge in [-0.25, -0.2) is 0 Å². The van der Waals surface area contributed by atoms with Gasteiger partial charge in [-0.2, -0.15) is 0 Å². The van der Waals surface area contributed by atoms with Crippen LogP contribution in [0.5, 0.6) is 0 Å². The zero-order valence-electron chi connectivity index (χ0n) is 7.18. The van der Waals surface area contributed by atoms with Crippen molar-refractivity contribution in [3.05, 3.63) is 0 Å². The van der Waals surface area contributed by atoms with E-state index in [-0.39, 0.29) is 5.60 Å². The molecule has 0 unspecified atom stereocenters. The van der Waals surface area contributed by atoms with E-state index < -0.39 is 11.4 Å². The molecule has 1 aliphatic rings. The fourth-order valence-corrected chi connectivity index (χ4v) is 1.53. The van der Waals surface area contributed by atoms with E-state index in [2.05, 4.69) is 0 Å². The van der Waals surface area contributed by atoms with E-state index in [0.717, 1.165) is 0 Å². The third-order valence-corrected chi connectivity index (χ3v) is 2.11. The lowest BCUT2D eigenvalue weighted by molar-refractivity contribution is -0.147. The first-order chi connectivity index (χ1) is 4.86. The van der Waals surface area contributed by atoms with Gasteiger partial charge in [0.1, 0.15) is 0 Å². The molecule has 64 valence electrons. The Bertz CT molecular complexity index is 186. The summed E-state index contributed by atoms with van der Waals surface area (Å²) in [5, 5.41) is 8.82. The van der Waals surface area contributed by atoms with Crippen LogP contribution in [0.15, 0.2) is 0 Å². The summed E-state index contributed by atoms with van der Waals surface area (Å²) in [4.78, 5) is 10.7. The highest BCUT2D eigenvalue weighted by Gasteiger charge is 2.46. The molecule has 0 radical (unpaired) electrons. The summed E-state index contributed by atoms with van der Waals surface area (Å²) < 4.78 is 5.34. The zero-order valence-corrected chi connectivity index (χ0v) is 7.18. The Hall–Kier alpha value is -0.570. The van der Waals surface area contributed by atoms with Gasteiger partial charge in [-0.15, -0.1) is 0 Å². The van der Waals surface area contributed by atoms with Crippen molar-refractivity contribution in [1.82, 2.24) is 0 Å². The van der Waals surface area contributed by atoms with Crippen molar-refractivity contribution >= 4 is 5.97 Å². The average molecular weight is 158 g/mol. The van der Waals surface area contributed by atoms with Crippen LogP contribution >= 0.6 is 0 Å². The Kier molecular flexibility index (Phi) is 1.71. The molecule has 0 aromatic heterocycles. The number of aliphatic carboxylic acids is 1. The predicted octanol–water partition coefficient (Wildman–Crippen LogP) is 1.28. The fourth-order valence-electron chi connectivity index (χ4n) is 1.53. The van der Waals surface area contributed by atoms with Crippen molar-refractivity contribution in [3.8, 4) is 0 Å². The number of carbonyl (C=O) groups is 1. The molecule has 1 aliphatic heterocycles. The second-order valence-electron chi connectivity index (χ2n) is 4.09. The maximum Gasteiger partial charge on any atom is 0.311 e. The Morgan fingerprint density at radius 3 is 2.18 bits per heavy atom. The van der Waals surface area contributed by atoms with E-state index in [9.17, 15) is 4.79 Å².